The molecule has 0 fully saturated rings. The third kappa shape index (κ3) is 5.59. The van der Waals surface area contributed by atoms with Crippen molar-refractivity contribution in [1.29, 1.82) is 0 Å². The van der Waals surface area contributed by atoms with Crippen molar-refractivity contribution in [1.82, 2.24) is 5.32 Å². The molecule has 0 radical (unpaired) electrons. The Labute approximate surface area is 157 Å². The molecular formula is C18H19Cl3N2O. The molecule has 0 bridgehead atoms. The van der Waals surface area contributed by atoms with Crippen molar-refractivity contribution in [2.75, 3.05) is 5.32 Å². The van der Waals surface area contributed by atoms with Gasteiger partial charge in [0.05, 0.1) is 6.42 Å². The summed E-state index contributed by atoms with van der Waals surface area (Å²) in [6, 6.07) is 15.3. The minimum atomic E-state index is -1.69. The maximum atomic E-state index is 12.3. The van der Waals surface area contributed by atoms with Gasteiger partial charge >= 0.3 is 0 Å². The molecule has 0 heterocycles. The van der Waals surface area contributed by atoms with Crippen molar-refractivity contribution >= 4 is 46.4 Å². The molecule has 6 heteroatoms. The SMILES string of the molecule is Cc1ccc(C)c(N[C@H](NC(=O)Cc2ccccc2)C(Cl)(Cl)Cl)c1. The molecule has 1 amide bonds. The van der Waals surface area contributed by atoms with Crippen molar-refractivity contribution in [3.05, 3.63) is 65.2 Å². The Bertz CT molecular complexity index is 699. The number of hydrogen-bond donors (Lipinski definition) is 2. The summed E-state index contributed by atoms with van der Waals surface area (Å²) in [5.41, 5.74) is 3.77. The predicted octanol–water partition coefficient (Wildman–Crippen LogP) is 4.77. The number of rotatable bonds is 5. The van der Waals surface area contributed by atoms with E-state index >= 15 is 0 Å². The van der Waals surface area contributed by atoms with Crippen LogP contribution in [0.25, 0.3) is 0 Å². The van der Waals surface area contributed by atoms with Crippen molar-refractivity contribution < 1.29 is 4.79 Å². The third-order valence-corrected chi connectivity index (χ3v) is 4.19. The lowest BCUT2D eigenvalue weighted by Crippen LogP contribution is -2.49. The van der Waals surface area contributed by atoms with E-state index in [0.29, 0.717) is 0 Å². The Morgan fingerprint density at radius 1 is 1.08 bits per heavy atom. The summed E-state index contributed by atoms with van der Waals surface area (Å²) in [6.07, 6.45) is -0.633. The first-order valence-electron chi connectivity index (χ1n) is 7.49. The number of benzene rings is 2. The minimum absolute atomic E-state index is 0.215. The lowest BCUT2D eigenvalue weighted by molar-refractivity contribution is -0.120. The monoisotopic (exact) mass is 384 g/mol. The molecule has 2 N–H and O–H groups in total. The van der Waals surface area contributed by atoms with Crippen molar-refractivity contribution in [3.63, 3.8) is 0 Å². The number of aryl methyl sites for hydroxylation is 2. The molecule has 128 valence electrons. The standard InChI is InChI=1S/C18H19Cl3N2O/c1-12-8-9-13(2)15(10-12)22-17(18(19,20)21)23-16(24)11-14-6-4-3-5-7-14/h3-10,17,22H,11H2,1-2H3,(H,23,24)/t17-/m1/s1. The lowest BCUT2D eigenvalue weighted by atomic mass is 10.1. The molecule has 2 aromatic rings. The van der Waals surface area contributed by atoms with Gasteiger partial charge in [-0.1, -0.05) is 77.3 Å². The van der Waals surface area contributed by atoms with Crippen LogP contribution < -0.4 is 10.6 Å². The highest BCUT2D eigenvalue weighted by molar-refractivity contribution is 6.68. The normalized spacial score (nSPS) is 12.5. The van der Waals surface area contributed by atoms with Gasteiger partial charge in [-0.2, -0.15) is 0 Å². The highest BCUT2D eigenvalue weighted by Gasteiger charge is 2.34. The number of anilines is 1. The van der Waals surface area contributed by atoms with Crippen LogP contribution in [0.2, 0.25) is 0 Å². The highest BCUT2D eigenvalue weighted by Crippen LogP contribution is 2.32. The topological polar surface area (TPSA) is 41.1 Å². The quantitative estimate of drug-likeness (QED) is 0.575. The van der Waals surface area contributed by atoms with Gasteiger partial charge in [0.25, 0.3) is 0 Å². The second-order valence-corrected chi connectivity index (χ2v) is 8.04. The van der Waals surface area contributed by atoms with Crippen molar-refractivity contribution in [2.24, 2.45) is 0 Å². The summed E-state index contributed by atoms with van der Waals surface area (Å²) in [7, 11) is 0. The van der Waals surface area contributed by atoms with Crippen LogP contribution in [-0.2, 0) is 11.2 Å². The van der Waals surface area contributed by atoms with Gasteiger partial charge in [0, 0.05) is 5.69 Å². The first-order valence-corrected chi connectivity index (χ1v) is 8.63. The number of hydrogen-bond acceptors (Lipinski definition) is 2. The molecule has 0 aliphatic heterocycles. The van der Waals surface area contributed by atoms with E-state index in [1.165, 1.54) is 0 Å². The first-order chi connectivity index (χ1) is 11.3. The van der Waals surface area contributed by atoms with E-state index < -0.39 is 9.96 Å². The molecule has 24 heavy (non-hydrogen) atoms. The van der Waals surface area contributed by atoms with Crippen LogP contribution in [0.1, 0.15) is 16.7 Å². The summed E-state index contributed by atoms with van der Waals surface area (Å²) in [5, 5.41) is 5.87. The third-order valence-electron chi connectivity index (χ3n) is 3.53. The van der Waals surface area contributed by atoms with Crippen molar-refractivity contribution in [3.8, 4) is 0 Å². The molecule has 0 spiro atoms. The lowest BCUT2D eigenvalue weighted by Gasteiger charge is -2.28. The van der Waals surface area contributed by atoms with Crippen molar-refractivity contribution in [2.45, 2.75) is 30.2 Å². The largest absolute Gasteiger partial charge is 0.362 e. The van der Waals surface area contributed by atoms with Gasteiger partial charge in [-0.25, -0.2) is 0 Å². The number of carbonyl (C=O) groups excluding carboxylic acids is 1. The predicted molar refractivity (Wildman–Crippen MR) is 102 cm³/mol. The van der Waals surface area contributed by atoms with Gasteiger partial charge in [0.15, 0.2) is 0 Å². The van der Waals surface area contributed by atoms with Crippen LogP contribution in [0, 0.1) is 13.8 Å². The first kappa shape index (κ1) is 18.9. The van der Waals surface area contributed by atoms with E-state index in [9.17, 15) is 4.79 Å². The Morgan fingerprint density at radius 3 is 2.38 bits per heavy atom. The van der Waals surface area contributed by atoms with E-state index in [0.717, 1.165) is 22.4 Å². The minimum Gasteiger partial charge on any atom is -0.362 e. The van der Waals surface area contributed by atoms with E-state index in [2.05, 4.69) is 10.6 Å². The molecule has 0 aliphatic rings. The molecule has 0 saturated heterocycles. The second-order valence-electron chi connectivity index (χ2n) is 5.67. The number of halogens is 3. The van der Waals surface area contributed by atoms with Gasteiger partial charge < -0.3 is 10.6 Å². The summed E-state index contributed by atoms with van der Waals surface area (Å²) >= 11 is 18.1. The molecule has 0 aliphatic carbocycles. The van der Waals surface area contributed by atoms with Crippen LogP contribution in [-0.4, -0.2) is 15.9 Å². The van der Waals surface area contributed by atoms with E-state index in [1.54, 1.807) is 0 Å². The molecule has 2 rings (SSSR count). The van der Waals surface area contributed by atoms with Gasteiger partial charge in [-0.05, 0) is 36.6 Å². The average molecular weight is 386 g/mol. The van der Waals surface area contributed by atoms with E-state index in [1.807, 2.05) is 62.4 Å². The fourth-order valence-electron chi connectivity index (χ4n) is 2.24. The Kier molecular flexibility index (Phi) is 6.39. The average Bonchev–Trinajstić information content (AvgIpc) is 2.50. The molecule has 0 unspecified atom stereocenters. The fourth-order valence-corrected chi connectivity index (χ4v) is 2.57. The van der Waals surface area contributed by atoms with Crippen LogP contribution in [0.4, 0.5) is 5.69 Å². The van der Waals surface area contributed by atoms with Gasteiger partial charge in [0.1, 0.15) is 6.17 Å². The van der Waals surface area contributed by atoms with Gasteiger partial charge in [-0.15, -0.1) is 0 Å². The molecule has 0 saturated carbocycles. The number of alkyl halides is 3. The highest BCUT2D eigenvalue weighted by atomic mass is 35.6. The summed E-state index contributed by atoms with van der Waals surface area (Å²) < 4.78 is -1.69. The van der Waals surface area contributed by atoms with Crippen LogP contribution in [0.3, 0.4) is 0 Å². The summed E-state index contributed by atoms with van der Waals surface area (Å²) in [5.74, 6) is -0.227. The summed E-state index contributed by atoms with van der Waals surface area (Å²) in [4.78, 5) is 12.3. The molecule has 0 aromatic heterocycles. The van der Waals surface area contributed by atoms with Crippen LogP contribution in [0.15, 0.2) is 48.5 Å². The fraction of sp³-hybridized carbons (Fsp3) is 0.278. The van der Waals surface area contributed by atoms with Crippen LogP contribution >= 0.6 is 34.8 Å². The maximum Gasteiger partial charge on any atom is 0.228 e. The number of carbonyl (C=O) groups is 1. The zero-order chi connectivity index (χ0) is 17.7. The van der Waals surface area contributed by atoms with Crippen LogP contribution in [0.5, 0.6) is 0 Å². The molecular weight excluding hydrogens is 367 g/mol. The van der Waals surface area contributed by atoms with E-state index in [4.69, 9.17) is 34.8 Å². The van der Waals surface area contributed by atoms with Gasteiger partial charge in [0.2, 0.25) is 9.70 Å². The number of nitrogens with one attached hydrogen (secondary N) is 2. The Balaban J connectivity index is 2.11. The number of amides is 1. The zero-order valence-electron chi connectivity index (χ0n) is 13.4. The van der Waals surface area contributed by atoms with Gasteiger partial charge in [-0.3, -0.25) is 4.79 Å². The Hall–Kier alpha value is -1.42. The summed E-state index contributed by atoms with van der Waals surface area (Å²) in [6.45, 7) is 3.92. The maximum absolute atomic E-state index is 12.3. The zero-order valence-corrected chi connectivity index (χ0v) is 15.7. The molecule has 3 nitrogen and oxygen atoms in total. The smallest absolute Gasteiger partial charge is 0.228 e. The molecule has 2 aromatic carbocycles. The Morgan fingerprint density at radius 2 is 1.75 bits per heavy atom. The van der Waals surface area contributed by atoms with E-state index in [-0.39, 0.29) is 12.3 Å². The second kappa shape index (κ2) is 8.11. The molecule has 1 atom stereocenters.